The first kappa shape index (κ1) is 25.3. The Hall–Kier alpha value is -4.39. The molecule has 1 fully saturated rings. The van der Waals surface area contributed by atoms with E-state index in [0.29, 0.717) is 29.8 Å². The lowest BCUT2D eigenvalue weighted by atomic mass is 9.85. The normalized spacial score (nSPS) is 18.3. The number of methoxy groups -OCH3 is 1. The van der Waals surface area contributed by atoms with Crippen LogP contribution in [0.2, 0.25) is 0 Å². The summed E-state index contributed by atoms with van der Waals surface area (Å²) < 4.78 is 10.4. The summed E-state index contributed by atoms with van der Waals surface area (Å²) in [7, 11) is 1.28. The molecule has 0 aromatic heterocycles. The van der Waals surface area contributed by atoms with Crippen LogP contribution in [-0.2, 0) is 26.2 Å². The Morgan fingerprint density at radius 1 is 1.00 bits per heavy atom. The number of aliphatic hydroxyl groups is 1. The van der Waals surface area contributed by atoms with Gasteiger partial charge in [-0.15, -0.1) is 0 Å². The van der Waals surface area contributed by atoms with Crippen molar-refractivity contribution in [1.29, 1.82) is 0 Å². The van der Waals surface area contributed by atoms with E-state index in [1.165, 1.54) is 18.1 Å². The number of carbonyl (C=O) groups excluding carboxylic acids is 3. The molecule has 2 aliphatic heterocycles. The summed E-state index contributed by atoms with van der Waals surface area (Å²) >= 11 is 0. The van der Waals surface area contributed by atoms with Crippen LogP contribution in [0.25, 0.3) is 5.76 Å². The largest absolute Gasteiger partial charge is 0.507 e. The van der Waals surface area contributed by atoms with Gasteiger partial charge in [0, 0.05) is 17.7 Å². The maximum absolute atomic E-state index is 13.5. The van der Waals surface area contributed by atoms with Crippen molar-refractivity contribution in [2.45, 2.75) is 38.6 Å². The maximum atomic E-state index is 13.5. The number of aliphatic hydroxyl groups excluding tert-OH is 1. The van der Waals surface area contributed by atoms with Gasteiger partial charge in [-0.25, -0.2) is 4.79 Å². The number of hydrogen-bond donors (Lipinski definition) is 1. The summed E-state index contributed by atoms with van der Waals surface area (Å²) in [6.07, 6.45) is 0.697. The van der Waals surface area contributed by atoms with Gasteiger partial charge >= 0.3 is 5.97 Å². The average Bonchev–Trinajstić information content (AvgIpc) is 3.49. The van der Waals surface area contributed by atoms with Crippen molar-refractivity contribution in [3.63, 3.8) is 0 Å². The molecular weight excluding hydrogens is 482 g/mol. The minimum Gasteiger partial charge on any atom is -0.507 e. The molecule has 38 heavy (non-hydrogen) atoms. The topological polar surface area (TPSA) is 93.1 Å². The number of Topliss-reactive ketones (excluding diaryl/α,β-unsaturated/α-hetero) is 1. The second-order valence-corrected chi connectivity index (χ2v) is 10.5. The monoisotopic (exact) mass is 511 g/mol. The number of fused-ring (bicyclic) bond motifs is 1. The highest BCUT2D eigenvalue weighted by Crippen LogP contribution is 2.43. The lowest BCUT2D eigenvalue weighted by molar-refractivity contribution is -0.132. The van der Waals surface area contributed by atoms with Gasteiger partial charge in [0.25, 0.3) is 11.7 Å². The molecule has 5 rings (SSSR count). The van der Waals surface area contributed by atoms with Crippen LogP contribution in [0.4, 0.5) is 5.69 Å². The summed E-state index contributed by atoms with van der Waals surface area (Å²) in [5, 5.41) is 11.5. The number of carbonyl (C=O) groups is 3. The number of amides is 1. The standard InChI is InChI=1S/C31H29NO6/c1-31(2,3)22-11-8-18(9-12-22)26-25(27(33)20-10-13-24-19(16-20)14-15-38-24)28(34)29(35)32(26)23-7-5-6-21(17-23)30(36)37-4/h5-13,16-17,26,33H,14-15H2,1-4H3/b27-25-. The molecule has 1 unspecified atom stereocenters. The number of benzene rings is 3. The summed E-state index contributed by atoms with van der Waals surface area (Å²) in [6.45, 7) is 6.86. The van der Waals surface area contributed by atoms with Crippen molar-refractivity contribution in [3.8, 4) is 5.75 Å². The van der Waals surface area contributed by atoms with Gasteiger partial charge in [0.1, 0.15) is 11.5 Å². The second-order valence-electron chi connectivity index (χ2n) is 10.5. The van der Waals surface area contributed by atoms with E-state index in [1.54, 1.807) is 36.4 Å². The number of anilines is 1. The molecule has 7 nitrogen and oxygen atoms in total. The predicted octanol–water partition coefficient (Wildman–Crippen LogP) is 5.33. The van der Waals surface area contributed by atoms with Crippen molar-refractivity contribution >= 4 is 29.1 Å². The second kappa shape index (κ2) is 9.49. The molecule has 2 aliphatic rings. The molecule has 1 amide bonds. The molecule has 7 heteroatoms. The van der Waals surface area contributed by atoms with E-state index in [9.17, 15) is 19.5 Å². The fourth-order valence-corrected chi connectivity index (χ4v) is 4.97. The molecule has 1 atom stereocenters. The molecular formula is C31H29NO6. The molecule has 1 saturated heterocycles. The van der Waals surface area contributed by atoms with E-state index in [4.69, 9.17) is 9.47 Å². The highest BCUT2D eigenvalue weighted by atomic mass is 16.5. The quantitative estimate of drug-likeness (QED) is 0.220. The summed E-state index contributed by atoms with van der Waals surface area (Å²) in [5.74, 6) is -1.66. The van der Waals surface area contributed by atoms with Crippen LogP contribution in [0, 0.1) is 0 Å². The van der Waals surface area contributed by atoms with Crippen molar-refractivity contribution in [2.75, 3.05) is 18.6 Å². The van der Waals surface area contributed by atoms with Crippen LogP contribution in [0.15, 0.2) is 72.3 Å². The van der Waals surface area contributed by atoms with E-state index in [0.717, 1.165) is 16.9 Å². The molecule has 194 valence electrons. The summed E-state index contributed by atoms with van der Waals surface area (Å²) in [6, 6.07) is 18.4. The predicted molar refractivity (Wildman–Crippen MR) is 143 cm³/mol. The SMILES string of the molecule is COC(=O)c1cccc(N2C(=O)C(=O)/C(=C(\O)c3ccc4c(c3)CCO4)C2c2ccc(C(C)(C)C)cc2)c1. The van der Waals surface area contributed by atoms with E-state index in [-0.39, 0.29) is 22.3 Å². The molecule has 3 aromatic carbocycles. The smallest absolute Gasteiger partial charge is 0.337 e. The van der Waals surface area contributed by atoms with Gasteiger partial charge in [0.2, 0.25) is 0 Å². The van der Waals surface area contributed by atoms with Crippen LogP contribution in [0.1, 0.15) is 59.4 Å². The number of ketones is 1. The van der Waals surface area contributed by atoms with Crippen molar-refractivity contribution in [2.24, 2.45) is 0 Å². The van der Waals surface area contributed by atoms with Gasteiger partial charge in [-0.2, -0.15) is 0 Å². The van der Waals surface area contributed by atoms with Crippen molar-refractivity contribution in [3.05, 3.63) is 100 Å². The van der Waals surface area contributed by atoms with Gasteiger partial charge in [-0.1, -0.05) is 51.1 Å². The first-order chi connectivity index (χ1) is 18.1. The maximum Gasteiger partial charge on any atom is 0.337 e. The zero-order valence-corrected chi connectivity index (χ0v) is 21.8. The number of hydrogen-bond acceptors (Lipinski definition) is 6. The van der Waals surface area contributed by atoms with Crippen molar-refractivity contribution in [1.82, 2.24) is 0 Å². The van der Waals surface area contributed by atoms with Crippen molar-refractivity contribution < 1.29 is 29.0 Å². The fourth-order valence-electron chi connectivity index (χ4n) is 4.97. The van der Waals surface area contributed by atoms with Gasteiger partial charge < -0.3 is 14.6 Å². The Balaban J connectivity index is 1.69. The summed E-state index contributed by atoms with van der Waals surface area (Å²) in [4.78, 5) is 40.5. The van der Waals surface area contributed by atoms with Gasteiger partial charge in [-0.05, 0) is 58.5 Å². The molecule has 0 radical (unpaired) electrons. The Labute approximate surface area is 221 Å². The van der Waals surface area contributed by atoms with E-state index in [1.807, 2.05) is 24.3 Å². The molecule has 1 N–H and O–H groups in total. The lowest BCUT2D eigenvalue weighted by Gasteiger charge is -2.27. The van der Waals surface area contributed by atoms with Crippen LogP contribution in [0.3, 0.4) is 0 Å². The zero-order valence-electron chi connectivity index (χ0n) is 21.8. The Kier molecular flexibility index (Phi) is 6.31. The average molecular weight is 512 g/mol. The van der Waals surface area contributed by atoms with Crippen LogP contribution in [0.5, 0.6) is 5.75 Å². The highest BCUT2D eigenvalue weighted by molar-refractivity contribution is 6.51. The molecule has 2 heterocycles. The van der Waals surface area contributed by atoms with Crippen LogP contribution >= 0.6 is 0 Å². The third kappa shape index (κ3) is 4.34. The van der Waals surface area contributed by atoms with Crippen LogP contribution < -0.4 is 9.64 Å². The Morgan fingerprint density at radius 3 is 2.42 bits per heavy atom. The van der Waals surface area contributed by atoms with Crippen LogP contribution in [-0.4, -0.2) is 36.5 Å². The molecule has 0 bridgehead atoms. The van der Waals surface area contributed by atoms with Gasteiger partial charge in [0.05, 0.1) is 30.9 Å². The Bertz CT molecular complexity index is 1480. The van der Waals surface area contributed by atoms with Gasteiger partial charge in [-0.3, -0.25) is 14.5 Å². The molecule has 3 aromatic rings. The van der Waals surface area contributed by atoms with Gasteiger partial charge in [0.15, 0.2) is 0 Å². The number of rotatable bonds is 4. The lowest BCUT2D eigenvalue weighted by Crippen LogP contribution is -2.29. The molecule has 0 spiro atoms. The zero-order chi connectivity index (χ0) is 27.2. The van der Waals surface area contributed by atoms with E-state index in [2.05, 4.69) is 20.8 Å². The highest BCUT2D eigenvalue weighted by Gasteiger charge is 2.47. The number of ether oxygens (including phenoxy) is 2. The number of esters is 1. The number of nitrogens with zero attached hydrogens (tertiary/aromatic N) is 1. The third-order valence-corrected chi connectivity index (χ3v) is 7.05. The van der Waals surface area contributed by atoms with E-state index < -0.39 is 23.7 Å². The first-order valence-corrected chi connectivity index (χ1v) is 12.5. The molecule has 0 saturated carbocycles. The third-order valence-electron chi connectivity index (χ3n) is 7.05. The summed E-state index contributed by atoms with van der Waals surface area (Å²) in [5.41, 5.74) is 3.60. The first-order valence-electron chi connectivity index (χ1n) is 12.5. The minimum absolute atomic E-state index is 0.0131. The minimum atomic E-state index is -0.901. The molecule has 0 aliphatic carbocycles. The Morgan fingerprint density at radius 2 is 1.74 bits per heavy atom. The fraction of sp³-hybridized carbons (Fsp3) is 0.258. The van der Waals surface area contributed by atoms with E-state index >= 15 is 0 Å².